The average molecular weight is 320 g/mol. The maximum Gasteiger partial charge on any atom is 0.160 e. The standard InChI is InChI=1S/C16H18ClN3S/c1-10-4-5-14-16(18-10)20(15(19-14)12(3)17)11(2)8-13-6-7-21-9-13/h4-7,9,11-12H,8H2,1-3H3. The first-order valence-corrected chi connectivity index (χ1v) is 8.45. The maximum atomic E-state index is 6.34. The summed E-state index contributed by atoms with van der Waals surface area (Å²) >= 11 is 8.07. The second-order valence-electron chi connectivity index (χ2n) is 5.44. The van der Waals surface area contributed by atoms with E-state index in [1.807, 2.05) is 26.0 Å². The predicted molar refractivity (Wildman–Crippen MR) is 89.3 cm³/mol. The second kappa shape index (κ2) is 5.78. The summed E-state index contributed by atoms with van der Waals surface area (Å²) in [6.07, 6.45) is 0.960. The molecule has 110 valence electrons. The number of fused-ring (bicyclic) bond motifs is 1. The van der Waals surface area contributed by atoms with Crippen LogP contribution in [0.25, 0.3) is 11.2 Å². The summed E-state index contributed by atoms with van der Waals surface area (Å²) in [5.74, 6) is 0.896. The van der Waals surface area contributed by atoms with Crippen LogP contribution in [0.4, 0.5) is 0 Å². The van der Waals surface area contributed by atoms with Crippen LogP contribution in [0, 0.1) is 6.92 Å². The zero-order chi connectivity index (χ0) is 15.0. The molecule has 0 aromatic carbocycles. The van der Waals surface area contributed by atoms with E-state index < -0.39 is 0 Å². The first-order valence-electron chi connectivity index (χ1n) is 7.07. The van der Waals surface area contributed by atoms with E-state index in [2.05, 4.69) is 38.3 Å². The lowest BCUT2D eigenvalue weighted by Gasteiger charge is -2.17. The Hall–Kier alpha value is -1.39. The number of imidazole rings is 1. The van der Waals surface area contributed by atoms with E-state index in [-0.39, 0.29) is 11.4 Å². The molecule has 2 unspecified atom stereocenters. The quantitative estimate of drug-likeness (QED) is 0.640. The van der Waals surface area contributed by atoms with Crippen LogP contribution >= 0.6 is 22.9 Å². The lowest BCUT2D eigenvalue weighted by atomic mass is 10.1. The monoisotopic (exact) mass is 319 g/mol. The Labute approximate surface area is 133 Å². The Balaban J connectivity index is 2.09. The van der Waals surface area contributed by atoms with Gasteiger partial charge in [-0.15, -0.1) is 11.6 Å². The minimum atomic E-state index is -0.135. The third-order valence-electron chi connectivity index (χ3n) is 3.61. The SMILES string of the molecule is Cc1ccc2nc(C(C)Cl)n(C(C)Cc3ccsc3)c2n1. The molecule has 0 aliphatic heterocycles. The van der Waals surface area contributed by atoms with Crippen molar-refractivity contribution in [2.24, 2.45) is 0 Å². The molecule has 0 saturated carbocycles. The van der Waals surface area contributed by atoms with Crippen LogP contribution in [-0.2, 0) is 6.42 Å². The smallest absolute Gasteiger partial charge is 0.160 e. The Kier molecular flexibility index (Phi) is 4.00. The number of thiophene rings is 1. The number of nitrogens with zero attached hydrogens (tertiary/aromatic N) is 3. The van der Waals surface area contributed by atoms with Crippen molar-refractivity contribution in [3.8, 4) is 0 Å². The molecule has 0 bridgehead atoms. The number of hydrogen-bond acceptors (Lipinski definition) is 3. The van der Waals surface area contributed by atoms with Gasteiger partial charge >= 0.3 is 0 Å². The van der Waals surface area contributed by atoms with Crippen LogP contribution in [0.5, 0.6) is 0 Å². The summed E-state index contributed by atoms with van der Waals surface area (Å²) < 4.78 is 2.19. The zero-order valence-electron chi connectivity index (χ0n) is 12.4. The molecule has 0 aliphatic carbocycles. The molecule has 5 heteroatoms. The molecule has 0 radical (unpaired) electrons. The Morgan fingerprint density at radius 3 is 2.71 bits per heavy atom. The summed E-state index contributed by atoms with van der Waals surface area (Å²) in [5.41, 5.74) is 4.19. The molecule has 0 amide bonds. The van der Waals surface area contributed by atoms with E-state index in [0.717, 1.165) is 29.1 Å². The average Bonchev–Trinajstić information content (AvgIpc) is 3.04. The van der Waals surface area contributed by atoms with Crippen molar-refractivity contribution >= 4 is 34.1 Å². The lowest BCUT2D eigenvalue weighted by molar-refractivity contribution is 0.532. The molecule has 3 aromatic rings. The zero-order valence-corrected chi connectivity index (χ0v) is 13.9. The number of pyridine rings is 1. The molecule has 0 aliphatic rings. The lowest BCUT2D eigenvalue weighted by Crippen LogP contribution is -2.13. The number of alkyl halides is 1. The van der Waals surface area contributed by atoms with E-state index in [4.69, 9.17) is 11.6 Å². The van der Waals surface area contributed by atoms with Gasteiger partial charge in [0, 0.05) is 11.7 Å². The molecule has 2 atom stereocenters. The highest BCUT2D eigenvalue weighted by atomic mass is 35.5. The Morgan fingerprint density at radius 1 is 1.24 bits per heavy atom. The van der Waals surface area contributed by atoms with Gasteiger partial charge in [0.1, 0.15) is 11.3 Å². The summed E-state index contributed by atoms with van der Waals surface area (Å²) in [7, 11) is 0. The van der Waals surface area contributed by atoms with E-state index in [1.54, 1.807) is 11.3 Å². The van der Waals surface area contributed by atoms with Crippen LogP contribution < -0.4 is 0 Å². The molecule has 21 heavy (non-hydrogen) atoms. The number of aryl methyl sites for hydroxylation is 1. The fraction of sp³-hybridized carbons (Fsp3) is 0.375. The molecule has 3 aromatic heterocycles. The van der Waals surface area contributed by atoms with Gasteiger partial charge in [0.05, 0.1) is 5.38 Å². The van der Waals surface area contributed by atoms with E-state index in [0.29, 0.717) is 0 Å². The maximum absolute atomic E-state index is 6.34. The van der Waals surface area contributed by atoms with E-state index in [9.17, 15) is 0 Å². The van der Waals surface area contributed by atoms with E-state index >= 15 is 0 Å². The highest BCUT2D eigenvalue weighted by Crippen LogP contribution is 2.29. The number of aromatic nitrogens is 3. The van der Waals surface area contributed by atoms with E-state index in [1.165, 1.54) is 5.56 Å². The van der Waals surface area contributed by atoms with Crippen molar-refractivity contribution in [2.45, 2.75) is 38.6 Å². The van der Waals surface area contributed by atoms with Crippen molar-refractivity contribution in [1.82, 2.24) is 14.5 Å². The van der Waals surface area contributed by atoms with Gasteiger partial charge in [-0.2, -0.15) is 11.3 Å². The molecule has 0 saturated heterocycles. The fourth-order valence-electron chi connectivity index (χ4n) is 2.64. The largest absolute Gasteiger partial charge is 0.308 e. The Bertz CT molecular complexity index is 746. The van der Waals surface area contributed by atoms with Crippen LogP contribution in [0.1, 0.15) is 42.3 Å². The highest BCUT2D eigenvalue weighted by molar-refractivity contribution is 7.07. The van der Waals surface area contributed by atoms with Crippen molar-refractivity contribution < 1.29 is 0 Å². The van der Waals surface area contributed by atoms with Crippen LogP contribution in [0.15, 0.2) is 29.0 Å². The van der Waals surface area contributed by atoms with Crippen molar-refractivity contribution in [3.05, 3.63) is 46.0 Å². The number of rotatable bonds is 4. The van der Waals surface area contributed by atoms with Crippen LogP contribution in [0.2, 0.25) is 0 Å². The van der Waals surface area contributed by atoms with Gasteiger partial charge < -0.3 is 4.57 Å². The summed E-state index contributed by atoms with van der Waals surface area (Å²) in [6, 6.07) is 6.46. The van der Waals surface area contributed by atoms with Gasteiger partial charge in [0.15, 0.2) is 5.65 Å². The topological polar surface area (TPSA) is 30.7 Å². The first-order chi connectivity index (χ1) is 10.1. The summed E-state index contributed by atoms with van der Waals surface area (Å²) in [4.78, 5) is 9.35. The van der Waals surface area contributed by atoms with Crippen LogP contribution in [-0.4, -0.2) is 14.5 Å². The fourth-order valence-corrected chi connectivity index (χ4v) is 3.48. The molecule has 3 heterocycles. The van der Waals surface area contributed by atoms with Gasteiger partial charge in [0.2, 0.25) is 0 Å². The molecule has 0 fully saturated rings. The van der Waals surface area contributed by atoms with Gasteiger partial charge in [-0.1, -0.05) is 0 Å². The normalized spacial score (nSPS) is 14.5. The summed E-state index contributed by atoms with van der Waals surface area (Å²) in [6.45, 7) is 6.17. The molecular formula is C16H18ClN3S. The van der Waals surface area contributed by atoms with Gasteiger partial charge in [-0.05, 0) is 61.7 Å². The van der Waals surface area contributed by atoms with Crippen molar-refractivity contribution in [2.75, 3.05) is 0 Å². The van der Waals surface area contributed by atoms with Gasteiger partial charge in [-0.3, -0.25) is 0 Å². The second-order valence-corrected chi connectivity index (χ2v) is 6.87. The predicted octanol–water partition coefficient (Wildman–Crippen LogP) is 4.90. The highest BCUT2D eigenvalue weighted by Gasteiger charge is 2.20. The molecule has 3 rings (SSSR count). The van der Waals surface area contributed by atoms with Crippen LogP contribution in [0.3, 0.4) is 0 Å². The number of halogens is 1. The Morgan fingerprint density at radius 2 is 2.05 bits per heavy atom. The molecular weight excluding hydrogens is 302 g/mol. The minimum Gasteiger partial charge on any atom is -0.308 e. The van der Waals surface area contributed by atoms with Gasteiger partial charge in [0.25, 0.3) is 0 Å². The molecule has 3 nitrogen and oxygen atoms in total. The van der Waals surface area contributed by atoms with Crippen molar-refractivity contribution in [1.29, 1.82) is 0 Å². The van der Waals surface area contributed by atoms with Gasteiger partial charge in [-0.25, -0.2) is 9.97 Å². The third kappa shape index (κ3) is 2.83. The minimum absolute atomic E-state index is 0.135. The first kappa shape index (κ1) is 14.5. The third-order valence-corrected chi connectivity index (χ3v) is 4.54. The molecule has 0 N–H and O–H groups in total. The number of hydrogen-bond donors (Lipinski definition) is 0. The summed E-state index contributed by atoms with van der Waals surface area (Å²) in [5, 5.41) is 4.17. The van der Waals surface area contributed by atoms with Crippen molar-refractivity contribution in [3.63, 3.8) is 0 Å². The molecule has 0 spiro atoms.